The minimum Gasteiger partial charge on any atom is -0.493 e. The smallest absolute Gasteiger partial charge is 0.119 e. The molecule has 138 valence electrons. The molecule has 0 aliphatic rings. The second-order valence-corrected chi connectivity index (χ2v) is 5.61. The van der Waals surface area contributed by atoms with Crippen LogP contribution in [0.15, 0.2) is 24.3 Å². The number of ether oxygens (including phenoxy) is 1. The van der Waals surface area contributed by atoms with Gasteiger partial charge in [-0.25, -0.2) is 0 Å². The monoisotopic (exact) mass is 328 g/mol. The van der Waals surface area contributed by atoms with E-state index in [2.05, 4.69) is 46.8 Å². The highest BCUT2D eigenvalue weighted by molar-refractivity contribution is 5.27. The summed E-state index contributed by atoms with van der Waals surface area (Å²) in [5, 5.41) is 15.2. The highest BCUT2D eigenvalue weighted by Crippen LogP contribution is 2.13. The molecule has 0 radical (unpaired) electrons. The van der Waals surface area contributed by atoms with E-state index in [4.69, 9.17) is 14.9 Å². The fraction of sp³-hybridized carbons (Fsp3) is 0.700. The van der Waals surface area contributed by atoms with Gasteiger partial charge in [0.25, 0.3) is 0 Å². The average Bonchev–Trinajstić information content (AvgIpc) is 2.57. The Morgan fingerprint density at radius 1 is 0.913 bits per heavy atom. The number of hydrogen-bond acceptors (Lipinski definition) is 3. The predicted octanol–water partition coefficient (Wildman–Crippen LogP) is 4.94. The van der Waals surface area contributed by atoms with Crippen LogP contribution in [-0.2, 0) is 6.42 Å². The first-order valence-electron chi connectivity index (χ1n) is 8.76. The van der Waals surface area contributed by atoms with Crippen LogP contribution in [0.3, 0.4) is 0 Å². The minimum atomic E-state index is 0.331. The summed E-state index contributed by atoms with van der Waals surface area (Å²) >= 11 is 0. The van der Waals surface area contributed by atoms with Crippen molar-refractivity contribution in [2.75, 3.05) is 20.3 Å². The SMILES string of the molecule is CC.CC(C)CCO.CCc1ccc(OCC(C)C)cc1.CO. The van der Waals surface area contributed by atoms with Gasteiger partial charge < -0.3 is 14.9 Å². The quantitative estimate of drug-likeness (QED) is 0.777. The molecule has 0 amide bonds. The van der Waals surface area contributed by atoms with E-state index in [9.17, 15) is 0 Å². The number of benzene rings is 1. The molecule has 3 nitrogen and oxygen atoms in total. The molecule has 23 heavy (non-hydrogen) atoms. The number of aliphatic hydroxyl groups excluding tert-OH is 2. The third kappa shape index (κ3) is 20.9. The summed E-state index contributed by atoms with van der Waals surface area (Å²) in [6.45, 7) is 15.8. The topological polar surface area (TPSA) is 49.7 Å². The third-order valence-electron chi connectivity index (χ3n) is 2.62. The highest BCUT2D eigenvalue weighted by atomic mass is 16.5. The highest BCUT2D eigenvalue weighted by Gasteiger charge is 1.96. The lowest BCUT2D eigenvalue weighted by atomic mass is 10.2. The zero-order valence-corrected chi connectivity index (χ0v) is 16.6. The van der Waals surface area contributed by atoms with Gasteiger partial charge >= 0.3 is 0 Å². The van der Waals surface area contributed by atoms with Gasteiger partial charge in [0.2, 0.25) is 0 Å². The summed E-state index contributed by atoms with van der Waals surface area (Å²) < 4.78 is 5.57. The maximum atomic E-state index is 8.24. The van der Waals surface area contributed by atoms with Crippen molar-refractivity contribution in [3.05, 3.63) is 29.8 Å². The van der Waals surface area contributed by atoms with Gasteiger partial charge in [0.1, 0.15) is 5.75 Å². The van der Waals surface area contributed by atoms with Crippen LogP contribution in [0.25, 0.3) is 0 Å². The number of rotatable bonds is 6. The van der Waals surface area contributed by atoms with Gasteiger partial charge in [0.05, 0.1) is 6.61 Å². The molecule has 0 aromatic heterocycles. The molecule has 0 unspecified atom stereocenters. The summed E-state index contributed by atoms with van der Waals surface area (Å²) in [5.41, 5.74) is 1.36. The van der Waals surface area contributed by atoms with Crippen molar-refractivity contribution in [3.63, 3.8) is 0 Å². The molecule has 0 fully saturated rings. The molecule has 0 aliphatic heterocycles. The number of hydrogen-bond donors (Lipinski definition) is 2. The van der Waals surface area contributed by atoms with Crippen molar-refractivity contribution in [2.24, 2.45) is 11.8 Å². The molecule has 0 aliphatic carbocycles. The van der Waals surface area contributed by atoms with E-state index in [1.54, 1.807) is 0 Å². The van der Waals surface area contributed by atoms with Crippen LogP contribution in [-0.4, -0.2) is 30.5 Å². The molecular formula is C20H40O3. The van der Waals surface area contributed by atoms with Gasteiger partial charge in [-0.15, -0.1) is 0 Å². The first-order valence-corrected chi connectivity index (χ1v) is 8.76. The minimum absolute atomic E-state index is 0.331. The Bertz CT molecular complexity index is 305. The molecule has 2 N–H and O–H groups in total. The fourth-order valence-corrected chi connectivity index (χ4v) is 1.34. The molecule has 1 rings (SSSR count). The van der Waals surface area contributed by atoms with Crippen molar-refractivity contribution in [1.82, 2.24) is 0 Å². The number of aliphatic hydroxyl groups is 2. The molecule has 0 bridgehead atoms. The van der Waals surface area contributed by atoms with Crippen LogP contribution >= 0.6 is 0 Å². The van der Waals surface area contributed by atoms with Crippen molar-refractivity contribution in [1.29, 1.82) is 0 Å². The van der Waals surface area contributed by atoms with Crippen LogP contribution in [0.5, 0.6) is 5.75 Å². The lowest BCUT2D eigenvalue weighted by molar-refractivity contribution is 0.268. The first kappa shape index (κ1) is 26.8. The molecule has 3 heteroatoms. The Morgan fingerprint density at radius 2 is 1.39 bits per heavy atom. The van der Waals surface area contributed by atoms with Gasteiger partial charge in [0, 0.05) is 13.7 Å². The summed E-state index contributed by atoms with van der Waals surface area (Å²) in [6.07, 6.45) is 2.02. The fourth-order valence-electron chi connectivity index (χ4n) is 1.34. The summed E-state index contributed by atoms with van der Waals surface area (Å²) in [7, 11) is 1.00. The lowest BCUT2D eigenvalue weighted by Gasteiger charge is -2.08. The largest absolute Gasteiger partial charge is 0.493 e. The zero-order valence-electron chi connectivity index (χ0n) is 16.6. The second-order valence-electron chi connectivity index (χ2n) is 5.61. The van der Waals surface area contributed by atoms with Crippen molar-refractivity contribution in [2.45, 2.75) is 61.3 Å². The van der Waals surface area contributed by atoms with Crippen molar-refractivity contribution < 1.29 is 14.9 Å². The zero-order chi connectivity index (χ0) is 18.7. The summed E-state index contributed by atoms with van der Waals surface area (Å²) in [6, 6.07) is 8.33. The number of aryl methyl sites for hydroxylation is 1. The van der Waals surface area contributed by atoms with Crippen molar-refractivity contribution >= 4 is 0 Å². The Balaban J connectivity index is -0.000000338. The second kappa shape index (κ2) is 20.9. The van der Waals surface area contributed by atoms with Gasteiger partial charge in [-0.2, -0.15) is 0 Å². The molecule has 0 atom stereocenters. The third-order valence-corrected chi connectivity index (χ3v) is 2.62. The lowest BCUT2D eigenvalue weighted by Crippen LogP contribution is -2.04. The first-order chi connectivity index (χ1) is 11.0. The van der Waals surface area contributed by atoms with E-state index in [1.807, 2.05) is 26.0 Å². The molecular weight excluding hydrogens is 288 g/mol. The molecule has 0 saturated carbocycles. The van der Waals surface area contributed by atoms with E-state index >= 15 is 0 Å². The van der Waals surface area contributed by atoms with E-state index < -0.39 is 0 Å². The Kier molecular flexibility index (Phi) is 24.4. The molecule has 0 heterocycles. The maximum absolute atomic E-state index is 8.24. The molecule has 0 spiro atoms. The van der Waals surface area contributed by atoms with Crippen LogP contribution in [0, 0.1) is 11.8 Å². The molecule has 0 saturated heterocycles. The standard InChI is InChI=1S/C12H18O.C5H12O.C2H6.CH4O/c1-4-11-5-7-12(8-6-11)13-9-10(2)3;1-5(2)3-4-6;2*1-2/h5-8,10H,4,9H2,1-3H3;5-6H,3-4H2,1-2H3;1-2H3;2H,1H3. The normalized spacial score (nSPS) is 9.04. The van der Waals surface area contributed by atoms with Crippen LogP contribution < -0.4 is 4.74 Å². The van der Waals surface area contributed by atoms with Gasteiger partial charge in [-0.05, 0) is 42.4 Å². The molecule has 1 aromatic rings. The van der Waals surface area contributed by atoms with E-state index in [0.29, 0.717) is 18.4 Å². The predicted molar refractivity (Wildman–Crippen MR) is 102 cm³/mol. The van der Waals surface area contributed by atoms with Crippen LogP contribution in [0.2, 0.25) is 0 Å². The molecule has 1 aromatic carbocycles. The van der Waals surface area contributed by atoms with Gasteiger partial charge in [0.15, 0.2) is 0 Å². The Hall–Kier alpha value is -1.06. The summed E-state index contributed by atoms with van der Waals surface area (Å²) in [5.74, 6) is 2.21. The Morgan fingerprint density at radius 3 is 1.65 bits per heavy atom. The van der Waals surface area contributed by atoms with Crippen LogP contribution in [0.1, 0.15) is 60.5 Å². The van der Waals surface area contributed by atoms with Gasteiger partial charge in [-0.1, -0.05) is 60.6 Å². The summed E-state index contributed by atoms with van der Waals surface area (Å²) in [4.78, 5) is 0. The maximum Gasteiger partial charge on any atom is 0.119 e. The van der Waals surface area contributed by atoms with Crippen molar-refractivity contribution in [3.8, 4) is 5.75 Å². The Labute approximate surface area is 144 Å². The van der Waals surface area contributed by atoms with Gasteiger partial charge in [-0.3, -0.25) is 0 Å². The van der Waals surface area contributed by atoms with Crippen LogP contribution in [0.4, 0.5) is 0 Å². The van der Waals surface area contributed by atoms with E-state index in [0.717, 1.165) is 32.3 Å². The van der Waals surface area contributed by atoms with E-state index in [-0.39, 0.29) is 0 Å². The van der Waals surface area contributed by atoms with E-state index in [1.165, 1.54) is 5.56 Å². The average molecular weight is 329 g/mol.